The normalized spacial score (nSPS) is 15.4. The van der Waals surface area contributed by atoms with Crippen molar-refractivity contribution >= 4 is 17.3 Å². The van der Waals surface area contributed by atoms with Crippen LogP contribution in [0.15, 0.2) is 48.5 Å². The summed E-state index contributed by atoms with van der Waals surface area (Å²) in [4.78, 5) is 0. The van der Waals surface area contributed by atoms with E-state index in [1.807, 2.05) is 36.4 Å². The lowest BCUT2D eigenvalue weighted by Crippen LogP contribution is -2.09. The zero-order valence-corrected chi connectivity index (χ0v) is 11.8. The zero-order valence-electron chi connectivity index (χ0n) is 11.0. The minimum absolute atomic E-state index is 0.381. The van der Waals surface area contributed by atoms with Gasteiger partial charge in [0.25, 0.3) is 0 Å². The van der Waals surface area contributed by atoms with Crippen LogP contribution in [0.5, 0.6) is 0 Å². The lowest BCUT2D eigenvalue weighted by atomic mass is 10.0. The van der Waals surface area contributed by atoms with E-state index in [2.05, 4.69) is 23.5 Å². The van der Waals surface area contributed by atoms with E-state index in [9.17, 15) is 5.26 Å². The second-order valence-electron chi connectivity index (χ2n) is 5.13. The highest BCUT2D eigenvalue weighted by Gasteiger charge is 2.24. The molecule has 0 aromatic heterocycles. The van der Waals surface area contributed by atoms with Gasteiger partial charge in [-0.25, -0.2) is 0 Å². The third-order valence-corrected chi connectivity index (χ3v) is 3.93. The number of rotatable bonds is 4. The van der Waals surface area contributed by atoms with E-state index in [-0.39, 0.29) is 6.04 Å². The van der Waals surface area contributed by atoms with Crippen LogP contribution in [0.4, 0.5) is 5.69 Å². The van der Waals surface area contributed by atoms with E-state index < -0.39 is 0 Å². The average molecular weight is 283 g/mol. The Bertz CT molecular complexity index is 656. The summed E-state index contributed by atoms with van der Waals surface area (Å²) >= 11 is 6.13. The molecule has 1 unspecified atom stereocenters. The fraction of sp³-hybridized carbons (Fsp3) is 0.235. The maximum atomic E-state index is 9.42. The molecule has 1 atom stereocenters. The van der Waals surface area contributed by atoms with Crippen molar-refractivity contribution in [1.82, 2.24) is 0 Å². The lowest BCUT2D eigenvalue weighted by Gasteiger charge is -2.15. The molecule has 2 aromatic carbocycles. The van der Waals surface area contributed by atoms with Gasteiger partial charge in [0.15, 0.2) is 0 Å². The molecule has 0 aliphatic heterocycles. The summed E-state index contributed by atoms with van der Waals surface area (Å²) in [6.07, 6.45) is 2.53. The van der Waals surface area contributed by atoms with Crippen LogP contribution in [0.2, 0.25) is 5.02 Å². The SMILES string of the molecule is N#CC(Nc1ccccc1Cl)c1cccc(C2CC2)c1. The summed E-state index contributed by atoms with van der Waals surface area (Å²) in [6, 6.07) is 17.7. The van der Waals surface area contributed by atoms with E-state index in [1.165, 1.54) is 18.4 Å². The van der Waals surface area contributed by atoms with Gasteiger partial charge in [-0.05, 0) is 42.0 Å². The van der Waals surface area contributed by atoms with Crippen molar-refractivity contribution in [3.05, 3.63) is 64.7 Å². The quantitative estimate of drug-likeness (QED) is 0.866. The third kappa shape index (κ3) is 2.79. The van der Waals surface area contributed by atoms with Crippen LogP contribution in [0.25, 0.3) is 0 Å². The number of nitrogens with zero attached hydrogens (tertiary/aromatic N) is 1. The van der Waals surface area contributed by atoms with Crippen molar-refractivity contribution in [3.8, 4) is 6.07 Å². The van der Waals surface area contributed by atoms with Gasteiger partial charge in [0, 0.05) is 0 Å². The molecule has 1 N–H and O–H groups in total. The molecule has 20 heavy (non-hydrogen) atoms. The summed E-state index contributed by atoms with van der Waals surface area (Å²) in [5, 5.41) is 13.3. The number of nitriles is 1. The van der Waals surface area contributed by atoms with Gasteiger partial charge in [-0.1, -0.05) is 48.0 Å². The first-order valence-corrected chi connectivity index (χ1v) is 7.16. The third-order valence-electron chi connectivity index (χ3n) is 3.60. The highest BCUT2D eigenvalue weighted by Crippen LogP contribution is 2.40. The molecule has 1 aliphatic rings. The molecular weight excluding hydrogens is 268 g/mol. The number of halogens is 1. The van der Waals surface area contributed by atoms with Crippen LogP contribution < -0.4 is 5.32 Å². The topological polar surface area (TPSA) is 35.8 Å². The second-order valence-corrected chi connectivity index (χ2v) is 5.54. The van der Waals surface area contributed by atoms with E-state index in [1.54, 1.807) is 0 Å². The largest absolute Gasteiger partial charge is 0.365 e. The summed E-state index contributed by atoms with van der Waals surface area (Å²) in [6.45, 7) is 0. The average Bonchev–Trinajstić information content (AvgIpc) is 3.31. The number of anilines is 1. The Hall–Kier alpha value is -1.98. The molecular formula is C17H15ClN2. The van der Waals surface area contributed by atoms with Gasteiger partial charge in [-0.15, -0.1) is 0 Å². The van der Waals surface area contributed by atoms with Crippen LogP contribution in [0.3, 0.4) is 0 Å². The molecule has 0 bridgehead atoms. The zero-order chi connectivity index (χ0) is 13.9. The Labute approximate surface area is 124 Å². The van der Waals surface area contributed by atoms with Crippen LogP contribution in [-0.4, -0.2) is 0 Å². The first-order valence-electron chi connectivity index (χ1n) is 6.78. The first kappa shape index (κ1) is 13.0. The van der Waals surface area contributed by atoms with Crippen molar-refractivity contribution in [1.29, 1.82) is 5.26 Å². The molecule has 0 spiro atoms. The van der Waals surface area contributed by atoms with Gasteiger partial charge in [-0.2, -0.15) is 5.26 Å². The highest BCUT2D eigenvalue weighted by atomic mass is 35.5. The Morgan fingerprint density at radius 2 is 1.95 bits per heavy atom. The number of para-hydroxylation sites is 1. The van der Waals surface area contributed by atoms with Gasteiger partial charge in [0.2, 0.25) is 0 Å². The molecule has 1 aliphatic carbocycles. The smallest absolute Gasteiger partial charge is 0.140 e. The molecule has 2 aromatic rings. The predicted molar refractivity (Wildman–Crippen MR) is 81.8 cm³/mol. The maximum Gasteiger partial charge on any atom is 0.140 e. The molecule has 3 rings (SSSR count). The minimum Gasteiger partial charge on any atom is -0.365 e. The van der Waals surface area contributed by atoms with E-state index in [0.29, 0.717) is 10.9 Å². The molecule has 0 heterocycles. The Balaban J connectivity index is 1.85. The van der Waals surface area contributed by atoms with Gasteiger partial charge in [-0.3, -0.25) is 0 Å². The molecule has 100 valence electrons. The molecule has 0 saturated heterocycles. The van der Waals surface area contributed by atoms with Gasteiger partial charge in [0.1, 0.15) is 6.04 Å². The summed E-state index contributed by atoms with van der Waals surface area (Å²) in [7, 11) is 0. The Morgan fingerprint density at radius 1 is 1.15 bits per heavy atom. The van der Waals surface area contributed by atoms with Crippen molar-refractivity contribution in [2.24, 2.45) is 0 Å². The first-order chi connectivity index (χ1) is 9.78. The fourth-order valence-corrected chi connectivity index (χ4v) is 2.52. The summed E-state index contributed by atoms with van der Waals surface area (Å²) < 4.78 is 0. The van der Waals surface area contributed by atoms with Crippen molar-refractivity contribution in [2.75, 3.05) is 5.32 Å². The van der Waals surface area contributed by atoms with Gasteiger partial charge in [0.05, 0.1) is 16.8 Å². The van der Waals surface area contributed by atoms with Crippen LogP contribution in [0.1, 0.15) is 35.9 Å². The van der Waals surface area contributed by atoms with Gasteiger partial charge < -0.3 is 5.32 Å². The number of nitrogens with one attached hydrogen (secondary N) is 1. The van der Waals surface area contributed by atoms with Crippen molar-refractivity contribution in [2.45, 2.75) is 24.8 Å². The molecule has 3 heteroatoms. The van der Waals surface area contributed by atoms with Gasteiger partial charge >= 0.3 is 0 Å². The Kier molecular flexibility index (Phi) is 3.62. The second kappa shape index (κ2) is 5.56. The number of benzene rings is 2. The fourth-order valence-electron chi connectivity index (χ4n) is 2.33. The van der Waals surface area contributed by atoms with E-state index in [4.69, 9.17) is 11.6 Å². The molecule has 0 amide bonds. The van der Waals surface area contributed by atoms with Crippen molar-refractivity contribution in [3.63, 3.8) is 0 Å². The molecule has 0 radical (unpaired) electrons. The highest BCUT2D eigenvalue weighted by molar-refractivity contribution is 6.33. The molecule has 1 saturated carbocycles. The molecule has 1 fully saturated rings. The van der Waals surface area contributed by atoms with Crippen LogP contribution in [0, 0.1) is 11.3 Å². The summed E-state index contributed by atoms with van der Waals surface area (Å²) in [5.41, 5.74) is 3.12. The number of hydrogen-bond acceptors (Lipinski definition) is 2. The van der Waals surface area contributed by atoms with Crippen LogP contribution >= 0.6 is 11.6 Å². The van der Waals surface area contributed by atoms with E-state index in [0.717, 1.165) is 11.3 Å². The lowest BCUT2D eigenvalue weighted by molar-refractivity contribution is 0.984. The standard InChI is InChI=1S/C17H15ClN2/c18-15-6-1-2-7-16(15)20-17(11-19)14-5-3-4-13(10-14)12-8-9-12/h1-7,10,12,17,20H,8-9H2. The predicted octanol–water partition coefficient (Wildman–Crippen LogP) is 4.89. The monoisotopic (exact) mass is 282 g/mol. The summed E-state index contributed by atoms with van der Waals surface area (Å²) in [5.74, 6) is 0.689. The molecule has 2 nitrogen and oxygen atoms in total. The van der Waals surface area contributed by atoms with E-state index >= 15 is 0 Å². The number of hydrogen-bond donors (Lipinski definition) is 1. The van der Waals surface area contributed by atoms with Crippen molar-refractivity contribution < 1.29 is 0 Å². The minimum atomic E-state index is -0.381. The Morgan fingerprint density at radius 3 is 2.65 bits per heavy atom. The van der Waals surface area contributed by atoms with Crippen LogP contribution in [-0.2, 0) is 0 Å². The maximum absolute atomic E-state index is 9.42.